The van der Waals surface area contributed by atoms with E-state index in [0.29, 0.717) is 11.8 Å². The van der Waals surface area contributed by atoms with E-state index >= 15 is 0 Å². The summed E-state index contributed by atoms with van der Waals surface area (Å²) in [5.41, 5.74) is 8.17. The maximum absolute atomic E-state index is 4.20. The molecule has 0 atom stereocenters. The molecule has 0 saturated heterocycles. The predicted molar refractivity (Wildman–Crippen MR) is 118 cm³/mol. The molecule has 1 aliphatic rings. The van der Waals surface area contributed by atoms with Crippen LogP contribution in [0.2, 0.25) is 0 Å². The normalized spacial score (nSPS) is 14.1. The van der Waals surface area contributed by atoms with Gasteiger partial charge in [0, 0.05) is 17.9 Å². The van der Waals surface area contributed by atoms with Gasteiger partial charge in [0.25, 0.3) is 0 Å². The Kier molecular flexibility index (Phi) is 8.49. The number of hydrogen-bond acceptors (Lipinski definition) is 2. The average Bonchev–Trinajstić information content (AvgIpc) is 2.98. The van der Waals surface area contributed by atoms with Gasteiger partial charge in [-0.3, -0.25) is 0 Å². The Morgan fingerprint density at radius 1 is 0.821 bits per heavy atom. The Bertz CT molecular complexity index is 773. The van der Waals surface area contributed by atoms with E-state index in [9.17, 15) is 0 Å². The molecule has 2 nitrogen and oxygen atoms in total. The molecule has 0 spiro atoms. The van der Waals surface area contributed by atoms with E-state index in [1.807, 2.05) is 0 Å². The second-order valence-electron chi connectivity index (χ2n) is 7.86. The van der Waals surface area contributed by atoms with Crippen LogP contribution in [0.15, 0.2) is 59.9 Å². The standard InChI is InChI=1S/C24H31N2.ClH.Cu/c1-17(2)22-13-10-14-23(18(3)4)24(22)26-16-25(19(5)20(26)6)15-21-11-8-7-9-12-21;;/h7-14,16-18H,15H2,1-6H3;1H;/q-1;;+2/p-1. The third kappa shape index (κ3) is 4.95. The first-order chi connectivity index (χ1) is 13.4. The zero-order valence-electron chi connectivity index (χ0n) is 17.6. The zero-order valence-corrected chi connectivity index (χ0v) is 19.3. The third-order valence-electron chi connectivity index (χ3n) is 5.35. The van der Waals surface area contributed by atoms with Crippen molar-refractivity contribution >= 4 is 15.8 Å². The van der Waals surface area contributed by atoms with E-state index in [-0.39, 0.29) is 0 Å². The number of para-hydroxylation sites is 1. The van der Waals surface area contributed by atoms with Crippen LogP contribution >= 0.6 is 10.1 Å². The molecule has 0 N–H and O–H groups in total. The summed E-state index contributed by atoms with van der Waals surface area (Å²) in [5.74, 6) is 0.988. The molecule has 4 heteroatoms. The van der Waals surface area contributed by atoms with Crippen LogP contribution in [0.4, 0.5) is 5.69 Å². The van der Waals surface area contributed by atoms with Gasteiger partial charge in [0.2, 0.25) is 0 Å². The van der Waals surface area contributed by atoms with Crippen LogP contribution in [0.1, 0.15) is 70.1 Å². The third-order valence-corrected chi connectivity index (χ3v) is 5.35. The summed E-state index contributed by atoms with van der Waals surface area (Å²) in [6.45, 7) is 16.8. The molecule has 0 amide bonds. The van der Waals surface area contributed by atoms with Crippen LogP contribution in [-0.2, 0) is 21.6 Å². The SMILES string of the molecule is CC1=C(C)N(c2c(C(C)C)cccc2C(C)C)[CH-]N1Cc1ccccc1.[Cl][Cu+]. The number of nitrogens with zero attached hydrogens (tertiary/aromatic N) is 2. The van der Waals surface area contributed by atoms with Crippen molar-refractivity contribution < 1.29 is 15.1 Å². The number of hydrogen-bond donors (Lipinski definition) is 0. The Hall–Kier alpha value is -1.41. The molecule has 2 aromatic carbocycles. The van der Waals surface area contributed by atoms with Crippen LogP contribution < -0.4 is 4.90 Å². The molecule has 0 aromatic heterocycles. The second-order valence-corrected chi connectivity index (χ2v) is 7.86. The van der Waals surface area contributed by atoms with Gasteiger partial charge in [0.1, 0.15) is 0 Å². The van der Waals surface area contributed by atoms with E-state index in [2.05, 4.69) is 132 Å². The molecule has 2 aromatic rings. The molecule has 1 aliphatic heterocycles. The molecule has 28 heavy (non-hydrogen) atoms. The Labute approximate surface area is 183 Å². The van der Waals surface area contributed by atoms with E-state index < -0.39 is 0 Å². The number of benzene rings is 2. The van der Waals surface area contributed by atoms with E-state index in [1.165, 1.54) is 33.8 Å². The summed E-state index contributed by atoms with van der Waals surface area (Å²) in [4.78, 5) is 4.77. The molecule has 0 saturated carbocycles. The first-order valence-corrected chi connectivity index (χ1v) is 11.1. The minimum absolute atomic E-state index is 0.494. The second kappa shape index (κ2) is 10.4. The van der Waals surface area contributed by atoms with Crippen molar-refractivity contribution in [1.29, 1.82) is 0 Å². The first kappa shape index (κ1) is 22.9. The molecule has 0 bridgehead atoms. The summed E-state index contributed by atoms with van der Waals surface area (Å²) in [6, 6.07) is 17.5. The maximum atomic E-state index is 4.20. The quantitative estimate of drug-likeness (QED) is 0.351. The molecule has 0 radical (unpaired) electrons. The molecule has 0 aliphatic carbocycles. The summed E-state index contributed by atoms with van der Waals surface area (Å²) in [6.07, 6.45) is 0. The van der Waals surface area contributed by atoms with Gasteiger partial charge in [0.15, 0.2) is 0 Å². The monoisotopic (exact) mass is 445 g/mol. The number of halogens is 1. The van der Waals surface area contributed by atoms with Gasteiger partial charge in [-0.25, -0.2) is 0 Å². The molecular weight excluding hydrogens is 415 g/mol. The van der Waals surface area contributed by atoms with Gasteiger partial charge >= 0.3 is 25.2 Å². The van der Waals surface area contributed by atoms with Crippen molar-refractivity contribution in [2.24, 2.45) is 0 Å². The molecule has 0 fully saturated rings. The van der Waals surface area contributed by atoms with Crippen molar-refractivity contribution in [2.75, 3.05) is 4.90 Å². The molecular formula is C24H31ClCuN2. The summed E-state index contributed by atoms with van der Waals surface area (Å²) < 4.78 is 0. The van der Waals surface area contributed by atoms with E-state index in [0.717, 1.165) is 6.54 Å². The van der Waals surface area contributed by atoms with Crippen molar-refractivity contribution in [3.63, 3.8) is 0 Å². The van der Waals surface area contributed by atoms with Gasteiger partial charge < -0.3 is 9.80 Å². The average molecular weight is 447 g/mol. The zero-order chi connectivity index (χ0) is 20.8. The van der Waals surface area contributed by atoms with Crippen molar-refractivity contribution in [2.45, 2.75) is 59.9 Å². The summed E-state index contributed by atoms with van der Waals surface area (Å²) in [5, 5.41) is 0. The fourth-order valence-corrected chi connectivity index (χ4v) is 3.65. The number of allylic oxidation sites excluding steroid dienone is 2. The van der Waals surface area contributed by atoms with E-state index in [1.54, 1.807) is 0 Å². The predicted octanol–water partition coefficient (Wildman–Crippen LogP) is 7.31. The number of rotatable bonds is 5. The fraction of sp³-hybridized carbons (Fsp3) is 0.375. The molecule has 0 unspecified atom stereocenters. The van der Waals surface area contributed by atoms with Crippen LogP contribution in [0.5, 0.6) is 0 Å². The first-order valence-electron chi connectivity index (χ1n) is 9.76. The molecule has 3 rings (SSSR count). The summed E-state index contributed by atoms with van der Waals surface area (Å²) in [7, 11) is 4.20. The molecule has 155 valence electrons. The van der Waals surface area contributed by atoms with Gasteiger partial charge in [-0.05, 0) is 48.1 Å². The Morgan fingerprint density at radius 2 is 1.36 bits per heavy atom. The topological polar surface area (TPSA) is 6.48 Å². The van der Waals surface area contributed by atoms with Crippen LogP contribution in [0.25, 0.3) is 0 Å². The van der Waals surface area contributed by atoms with Crippen LogP contribution in [0.3, 0.4) is 0 Å². The fourth-order valence-electron chi connectivity index (χ4n) is 3.65. The van der Waals surface area contributed by atoms with Crippen LogP contribution in [0, 0.1) is 6.67 Å². The van der Waals surface area contributed by atoms with Gasteiger partial charge in [-0.15, -0.1) is 0 Å². The van der Waals surface area contributed by atoms with Gasteiger partial charge in [-0.1, -0.05) is 76.2 Å². The van der Waals surface area contributed by atoms with Gasteiger partial charge in [-0.2, -0.15) is 6.67 Å². The van der Waals surface area contributed by atoms with Gasteiger partial charge in [0.05, 0.1) is 0 Å². The number of anilines is 1. The minimum atomic E-state index is 0.494. The Morgan fingerprint density at radius 3 is 1.86 bits per heavy atom. The summed E-state index contributed by atoms with van der Waals surface area (Å²) >= 11 is 3.66. The van der Waals surface area contributed by atoms with E-state index in [4.69, 9.17) is 0 Å². The van der Waals surface area contributed by atoms with Crippen molar-refractivity contribution in [3.05, 3.63) is 83.3 Å². The van der Waals surface area contributed by atoms with Crippen LogP contribution in [-0.4, -0.2) is 4.90 Å². The Balaban J connectivity index is 0.00000136. The van der Waals surface area contributed by atoms with Crippen molar-refractivity contribution in [1.82, 2.24) is 4.90 Å². The van der Waals surface area contributed by atoms with Crippen molar-refractivity contribution in [3.8, 4) is 0 Å². The molecule has 1 heterocycles.